The van der Waals surface area contributed by atoms with Gasteiger partial charge in [0.25, 0.3) is 0 Å². The summed E-state index contributed by atoms with van der Waals surface area (Å²) in [6.07, 6.45) is 5.38. The van der Waals surface area contributed by atoms with Gasteiger partial charge in [-0.1, -0.05) is 18.5 Å². The van der Waals surface area contributed by atoms with Crippen molar-refractivity contribution in [2.45, 2.75) is 25.8 Å². The van der Waals surface area contributed by atoms with E-state index in [9.17, 15) is 4.57 Å². The van der Waals surface area contributed by atoms with Crippen LogP contribution in [0.15, 0.2) is 48.7 Å². The zero-order chi connectivity index (χ0) is 33.0. The van der Waals surface area contributed by atoms with Crippen molar-refractivity contribution in [1.82, 2.24) is 19.7 Å². The molecule has 0 unspecified atom stereocenters. The summed E-state index contributed by atoms with van der Waals surface area (Å²) in [6.45, 7) is 11.6. The Morgan fingerprint density at radius 2 is 1.51 bits per heavy atom. The van der Waals surface area contributed by atoms with Crippen LogP contribution in [0.4, 0.5) is 28.6 Å². The molecule has 0 bridgehead atoms. The fourth-order valence-electron chi connectivity index (χ4n) is 6.98. The first-order valence-corrected chi connectivity index (χ1v) is 19.3. The Morgan fingerprint density at radius 3 is 2.19 bits per heavy atom. The molecule has 0 spiro atoms. The monoisotopic (exact) mass is 681 g/mol. The Hall–Kier alpha value is -3.01. The quantitative estimate of drug-likeness (QED) is 0.257. The largest absolute Gasteiger partial charge is 0.495 e. The molecule has 12 heteroatoms. The summed E-state index contributed by atoms with van der Waals surface area (Å²) in [5.74, 6) is 2.01. The highest BCUT2D eigenvalue weighted by Crippen LogP contribution is 2.47. The number of nitrogens with one attached hydrogen (secondary N) is 2. The van der Waals surface area contributed by atoms with Gasteiger partial charge in [-0.2, -0.15) is 0 Å². The van der Waals surface area contributed by atoms with Gasteiger partial charge >= 0.3 is 0 Å². The normalized spacial score (nSPS) is 19.8. The van der Waals surface area contributed by atoms with Gasteiger partial charge in [0.05, 0.1) is 42.5 Å². The molecule has 3 aliphatic rings. The van der Waals surface area contributed by atoms with E-state index in [1.165, 1.54) is 31.6 Å². The molecule has 0 saturated carbocycles. The zero-order valence-electron chi connectivity index (χ0n) is 28.2. The second-order valence-electron chi connectivity index (χ2n) is 12.9. The number of likely N-dealkylation sites (N-methyl/N-ethyl adjacent to an activating group) is 1. The number of piperazine rings is 1. The van der Waals surface area contributed by atoms with E-state index in [4.69, 9.17) is 21.1 Å². The average Bonchev–Trinajstić information content (AvgIpc) is 3.10. The number of hydrogen-bond acceptors (Lipinski definition) is 10. The van der Waals surface area contributed by atoms with E-state index in [1.54, 1.807) is 20.4 Å². The first kappa shape index (κ1) is 33.9. The summed E-state index contributed by atoms with van der Waals surface area (Å²) in [7, 11) is 3.08. The minimum Gasteiger partial charge on any atom is -0.495 e. The van der Waals surface area contributed by atoms with Gasteiger partial charge in [0, 0.05) is 93.8 Å². The lowest BCUT2D eigenvalue weighted by atomic mass is 10.0. The summed E-state index contributed by atoms with van der Waals surface area (Å²) >= 11 is 6.60. The van der Waals surface area contributed by atoms with Gasteiger partial charge in [-0.25, -0.2) is 4.98 Å². The van der Waals surface area contributed by atoms with Crippen molar-refractivity contribution in [3.8, 4) is 11.5 Å². The number of piperidine rings is 1. The van der Waals surface area contributed by atoms with E-state index in [1.807, 2.05) is 24.3 Å². The van der Waals surface area contributed by atoms with Crippen LogP contribution in [0.3, 0.4) is 0 Å². The molecule has 47 heavy (non-hydrogen) atoms. The lowest BCUT2D eigenvalue weighted by molar-refractivity contribution is 0.0982. The van der Waals surface area contributed by atoms with E-state index >= 15 is 0 Å². The van der Waals surface area contributed by atoms with Crippen molar-refractivity contribution < 1.29 is 14.0 Å². The van der Waals surface area contributed by atoms with Crippen LogP contribution in [-0.2, 0) is 4.57 Å². The van der Waals surface area contributed by atoms with Gasteiger partial charge < -0.3 is 39.4 Å². The van der Waals surface area contributed by atoms with Crippen LogP contribution < -0.4 is 30.3 Å². The molecule has 1 aromatic heterocycles. The second kappa shape index (κ2) is 15.0. The van der Waals surface area contributed by atoms with E-state index < -0.39 is 7.14 Å². The number of ether oxygens (including phenoxy) is 2. The fraction of sp³-hybridized carbons (Fsp3) is 0.514. The van der Waals surface area contributed by atoms with E-state index in [0.717, 1.165) is 68.2 Å². The number of benzene rings is 2. The van der Waals surface area contributed by atoms with Gasteiger partial charge in [0.15, 0.2) is 0 Å². The maximum atomic E-state index is 13.8. The molecule has 3 saturated heterocycles. The highest BCUT2D eigenvalue weighted by atomic mass is 35.5. The number of rotatable bonds is 10. The first-order valence-electron chi connectivity index (χ1n) is 16.8. The van der Waals surface area contributed by atoms with Crippen molar-refractivity contribution in [1.29, 1.82) is 0 Å². The molecule has 0 aliphatic carbocycles. The van der Waals surface area contributed by atoms with E-state index in [-0.39, 0.29) is 0 Å². The van der Waals surface area contributed by atoms with Gasteiger partial charge in [0.2, 0.25) is 0 Å². The number of hydrogen-bond donors (Lipinski definition) is 2. The van der Waals surface area contributed by atoms with Crippen LogP contribution in [0.2, 0.25) is 5.02 Å². The molecule has 3 aromatic rings. The Kier molecular flexibility index (Phi) is 10.8. The molecule has 0 atom stereocenters. The molecular weight excluding hydrogens is 633 g/mol. The lowest BCUT2D eigenvalue weighted by Gasteiger charge is -2.42. The molecule has 4 heterocycles. The standard InChI is InChI=1S/C35H49ClN7O3P/c1-5-41-18-20-47(44,21-19-41)28-7-9-30(34(23-28)46-4)38-32-24-35(37-25-29(32)36)39-31-8-6-27(22-33(31)45-3)42-12-10-26(11-13-42)43-16-14-40(2)15-17-43/h6-9,22-26H,5,10-21H2,1-4H3,(H2,37,38,39). The van der Waals surface area contributed by atoms with Crippen molar-refractivity contribution >= 4 is 52.6 Å². The average molecular weight is 682 g/mol. The Labute approximate surface area is 284 Å². The van der Waals surface area contributed by atoms with Crippen molar-refractivity contribution in [3.05, 3.63) is 53.7 Å². The van der Waals surface area contributed by atoms with Crippen molar-refractivity contribution in [2.24, 2.45) is 0 Å². The smallest absolute Gasteiger partial charge is 0.144 e. The molecular formula is C35H49ClN7O3P. The van der Waals surface area contributed by atoms with Crippen LogP contribution in [0.25, 0.3) is 0 Å². The maximum Gasteiger partial charge on any atom is 0.144 e. The van der Waals surface area contributed by atoms with E-state index in [0.29, 0.717) is 40.6 Å². The summed E-state index contributed by atoms with van der Waals surface area (Å²) in [5, 5.41) is 8.17. The fourth-order valence-corrected chi connectivity index (χ4v) is 9.78. The first-order chi connectivity index (χ1) is 22.8. The van der Waals surface area contributed by atoms with E-state index in [2.05, 4.69) is 67.4 Å². The minimum absolute atomic E-state index is 0.476. The Morgan fingerprint density at radius 1 is 0.851 bits per heavy atom. The second-order valence-corrected chi connectivity index (χ2v) is 16.5. The molecule has 0 amide bonds. The minimum atomic E-state index is -2.46. The molecule has 2 N–H and O–H groups in total. The highest BCUT2D eigenvalue weighted by Gasteiger charge is 2.31. The SMILES string of the molecule is CCN1CCP(=O)(c2ccc(Nc3cc(Nc4ccc(N5CCC(N6CCN(C)CC6)CC5)cc4OC)ncc3Cl)c(OC)c2)CC1. The van der Waals surface area contributed by atoms with Crippen molar-refractivity contribution in [3.63, 3.8) is 0 Å². The van der Waals surface area contributed by atoms with Gasteiger partial charge in [0.1, 0.15) is 24.5 Å². The molecule has 3 fully saturated rings. The number of anilines is 5. The zero-order valence-corrected chi connectivity index (χ0v) is 29.8. The predicted molar refractivity (Wildman–Crippen MR) is 195 cm³/mol. The molecule has 2 aromatic carbocycles. The highest BCUT2D eigenvalue weighted by molar-refractivity contribution is 7.71. The van der Waals surface area contributed by atoms with Crippen LogP contribution >= 0.6 is 18.7 Å². The third-order valence-corrected chi connectivity index (χ3v) is 13.5. The molecule has 0 radical (unpaired) electrons. The molecule has 254 valence electrons. The molecule has 6 rings (SSSR count). The van der Waals surface area contributed by atoms with Crippen LogP contribution in [-0.4, -0.2) is 118 Å². The summed E-state index contributed by atoms with van der Waals surface area (Å²) in [5.41, 5.74) is 3.42. The van der Waals surface area contributed by atoms with Gasteiger partial charge in [-0.05, 0) is 56.8 Å². The summed E-state index contributed by atoms with van der Waals surface area (Å²) < 4.78 is 25.4. The summed E-state index contributed by atoms with van der Waals surface area (Å²) in [4.78, 5) is 14.4. The molecule has 10 nitrogen and oxygen atoms in total. The van der Waals surface area contributed by atoms with Gasteiger partial charge in [-0.15, -0.1) is 0 Å². The molecule has 3 aliphatic heterocycles. The lowest BCUT2D eigenvalue weighted by Crippen LogP contribution is -2.52. The van der Waals surface area contributed by atoms with Crippen molar-refractivity contribution in [2.75, 3.05) is 108 Å². The number of aromatic nitrogens is 1. The van der Waals surface area contributed by atoms with Crippen LogP contribution in [0.5, 0.6) is 11.5 Å². The van der Waals surface area contributed by atoms with Gasteiger partial charge in [-0.3, -0.25) is 4.90 Å². The number of halogens is 1. The van der Waals surface area contributed by atoms with Crippen LogP contribution in [0.1, 0.15) is 19.8 Å². The number of methoxy groups -OCH3 is 2. The topological polar surface area (TPSA) is 85.4 Å². The van der Waals surface area contributed by atoms with Crippen LogP contribution in [0, 0.1) is 0 Å². The Balaban J connectivity index is 1.12. The number of nitrogens with zero attached hydrogens (tertiary/aromatic N) is 5. The maximum absolute atomic E-state index is 13.8. The predicted octanol–water partition coefficient (Wildman–Crippen LogP) is 5.78. The third kappa shape index (κ3) is 7.84. The number of pyridine rings is 1. The Bertz CT molecular complexity index is 1560. The third-order valence-electron chi connectivity index (χ3n) is 10.1. The summed E-state index contributed by atoms with van der Waals surface area (Å²) in [6, 6.07) is 14.7.